The van der Waals surface area contributed by atoms with Gasteiger partial charge in [-0.05, 0) is 42.7 Å². The van der Waals surface area contributed by atoms with Gasteiger partial charge < -0.3 is 20.1 Å². The summed E-state index contributed by atoms with van der Waals surface area (Å²) >= 11 is 0. The van der Waals surface area contributed by atoms with Gasteiger partial charge in [0.1, 0.15) is 23.1 Å². The van der Waals surface area contributed by atoms with E-state index in [4.69, 9.17) is 9.47 Å². The van der Waals surface area contributed by atoms with Crippen LogP contribution in [0.25, 0.3) is 0 Å². The van der Waals surface area contributed by atoms with E-state index in [1.807, 2.05) is 24.3 Å². The summed E-state index contributed by atoms with van der Waals surface area (Å²) in [5.41, 5.74) is 0.291. The maximum atomic E-state index is 13.7. The van der Waals surface area contributed by atoms with Crippen molar-refractivity contribution in [2.45, 2.75) is 18.3 Å². The number of ether oxygens (including phenoxy) is 2. The normalized spacial score (nSPS) is 15.8. The van der Waals surface area contributed by atoms with Crippen LogP contribution in [0.1, 0.15) is 18.4 Å². The highest BCUT2D eigenvalue weighted by atomic mass is 19.1. The van der Waals surface area contributed by atoms with Crippen LogP contribution in [0, 0.1) is 11.6 Å². The topological polar surface area (TPSA) is 59.6 Å². The minimum atomic E-state index is -0.818. The lowest BCUT2D eigenvalue weighted by Gasteiger charge is -2.38. The summed E-state index contributed by atoms with van der Waals surface area (Å²) in [4.78, 5) is 12.2. The number of hydrogen-bond donors (Lipinski definition) is 2. The number of rotatable bonds is 5. The first-order chi connectivity index (χ1) is 13.0. The number of para-hydroxylation sites is 1. The molecule has 2 N–H and O–H groups in total. The van der Waals surface area contributed by atoms with Crippen molar-refractivity contribution in [3.8, 4) is 5.75 Å². The molecule has 0 bridgehead atoms. The highest BCUT2D eigenvalue weighted by Gasteiger charge is 2.35. The Morgan fingerprint density at radius 3 is 2.33 bits per heavy atom. The predicted octanol–water partition coefficient (Wildman–Crippen LogP) is 3.84. The van der Waals surface area contributed by atoms with Gasteiger partial charge in [0.05, 0.1) is 7.11 Å². The van der Waals surface area contributed by atoms with E-state index in [1.54, 1.807) is 7.11 Å². The van der Waals surface area contributed by atoms with E-state index in [1.165, 1.54) is 6.07 Å². The van der Waals surface area contributed by atoms with Crippen molar-refractivity contribution >= 4 is 11.7 Å². The minimum absolute atomic E-state index is 0.310. The molecule has 2 amide bonds. The van der Waals surface area contributed by atoms with E-state index in [0.29, 0.717) is 19.8 Å². The fraction of sp³-hybridized carbons (Fsp3) is 0.350. The van der Waals surface area contributed by atoms with Crippen LogP contribution in [-0.4, -0.2) is 32.9 Å². The Bertz CT molecular complexity index is 770. The highest BCUT2D eigenvalue weighted by molar-refractivity contribution is 5.89. The molecule has 7 heteroatoms. The lowest BCUT2D eigenvalue weighted by atomic mass is 9.74. The van der Waals surface area contributed by atoms with Gasteiger partial charge in [-0.25, -0.2) is 13.6 Å². The van der Waals surface area contributed by atoms with E-state index in [0.717, 1.165) is 36.3 Å². The molecule has 2 aromatic carbocycles. The first-order valence-corrected chi connectivity index (χ1v) is 8.75. The largest absolute Gasteiger partial charge is 0.497 e. The molecule has 0 spiro atoms. The van der Waals surface area contributed by atoms with Crippen LogP contribution in [0.15, 0.2) is 42.5 Å². The standard InChI is InChI=1S/C20H22F2N2O3/c1-26-15-7-5-14(6-8-15)20(9-11-27-12-10-20)13-23-19(25)24-18-16(21)3-2-4-17(18)22/h2-8H,9-13H2,1H3,(H2,23,24,25). The number of amides is 2. The average molecular weight is 376 g/mol. The number of benzene rings is 2. The number of urea groups is 1. The smallest absolute Gasteiger partial charge is 0.319 e. The Morgan fingerprint density at radius 2 is 1.74 bits per heavy atom. The minimum Gasteiger partial charge on any atom is -0.497 e. The van der Waals surface area contributed by atoms with Crippen LogP contribution < -0.4 is 15.4 Å². The average Bonchev–Trinajstić information content (AvgIpc) is 2.70. The number of nitrogens with one attached hydrogen (secondary N) is 2. The lowest BCUT2D eigenvalue weighted by Crippen LogP contribution is -2.45. The van der Waals surface area contributed by atoms with Crippen LogP contribution >= 0.6 is 0 Å². The number of halogens is 2. The third-order valence-corrected chi connectivity index (χ3v) is 4.94. The maximum absolute atomic E-state index is 13.7. The molecule has 0 radical (unpaired) electrons. The first-order valence-electron chi connectivity index (χ1n) is 8.75. The molecule has 0 atom stereocenters. The third-order valence-electron chi connectivity index (χ3n) is 4.94. The zero-order valence-corrected chi connectivity index (χ0v) is 15.1. The van der Waals surface area contributed by atoms with Gasteiger partial charge in [-0.15, -0.1) is 0 Å². The van der Waals surface area contributed by atoms with E-state index in [9.17, 15) is 13.6 Å². The van der Waals surface area contributed by atoms with Crippen molar-refractivity contribution in [3.63, 3.8) is 0 Å². The summed E-state index contributed by atoms with van der Waals surface area (Å²) < 4.78 is 38.1. The molecule has 1 aliphatic heterocycles. The zero-order chi connectivity index (χ0) is 19.3. The molecule has 1 aliphatic rings. The van der Waals surface area contributed by atoms with E-state index in [-0.39, 0.29) is 5.41 Å². The monoisotopic (exact) mass is 376 g/mol. The van der Waals surface area contributed by atoms with Gasteiger partial charge in [0.15, 0.2) is 0 Å². The van der Waals surface area contributed by atoms with E-state index < -0.39 is 23.4 Å². The fourth-order valence-corrected chi connectivity index (χ4v) is 3.30. The molecule has 2 aromatic rings. The van der Waals surface area contributed by atoms with E-state index >= 15 is 0 Å². The highest BCUT2D eigenvalue weighted by Crippen LogP contribution is 2.35. The van der Waals surface area contributed by atoms with Crippen molar-refractivity contribution in [2.24, 2.45) is 0 Å². The first kappa shape index (κ1) is 19.1. The van der Waals surface area contributed by atoms with Crippen LogP contribution in [0.2, 0.25) is 0 Å². The Kier molecular flexibility index (Phi) is 5.91. The predicted molar refractivity (Wildman–Crippen MR) is 98.1 cm³/mol. The van der Waals surface area contributed by atoms with Crippen molar-refractivity contribution in [1.82, 2.24) is 5.32 Å². The van der Waals surface area contributed by atoms with E-state index in [2.05, 4.69) is 10.6 Å². The molecule has 0 unspecified atom stereocenters. The third kappa shape index (κ3) is 4.36. The summed E-state index contributed by atoms with van der Waals surface area (Å²) in [6.07, 6.45) is 1.46. The molecule has 144 valence electrons. The quantitative estimate of drug-likeness (QED) is 0.834. The number of hydrogen-bond acceptors (Lipinski definition) is 3. The van der Waals surface area contributed by atoms with Crippen molar-refractivity contribution in [3.05, 3.63) is 59.7 Å². The molecule has 5 nitrogen and oxygen atoms in total. The molecule has 1 fully saturated rings. The maximum Gasteiger partial charge on any atom is 0.319 e. The summed E-state index contributed by atoms with van der Waals surface area (Å²) in [7, 11) is 1.60. The van der Waals surface area contributed by atoms with Crippen LogP contribution in [0.4, 0.5) is 19.3 Å². The molecule has 1 saturated heterocycles. The molecular weight excluding hydrogens is 354 g/mol. The Hall–Kier alpha value is -2.67. The van der Waals surface area contributed by atoms with Gasteiger partial charge in [0, 0.05) is 25.2 Å². The van der Waals surface area contributed by atoms with Gasteiger partial charge >= 0.3 is 6.03 Å². The Balaban J connectivity index is 1.72. The van der Waals surface area contributed by atoms with Crippen molar-refractivity contribution in [2.75, 3.05) is 32.2 Å². The second kappa shape index (κ2) is 8.35. The molecule has 3 rings (SSSR count). The second-order valence-corrected chi connectivity index (χ2v) is 6.53. The molecule has 0 aromatic heterocycles. The van der Waals surface area contributed by atoms with Gasteiger partial charge in [-0.3, -0.25) is 0 Å². The number of carbonyl (C=O) groups excluding carboxylic acids is 1. The van der Waals surface area contributed by atoms with Crippen molar-refractivity contribution in [1.29, 1.82) is 0 Å². The Morgan fingerprint density at radius 1 is 1.11 bits per heavy atom. The van der Waals surface area contributed by atoms with Gasteiger partial charge in [-0.1, -0.05) is 18.2 Å². The van der Waals surface area contributed by atoms with Gasteiger partial charge in [0.25, 0.3) is 0 Å². The van der Waals surface area contributed by atoms with Gasteiger partial charge in [-0.2, -0.15) is 0 Å². The lowest BCUT2D eigenvalue weighted by molar-refractivity contribution is 0.0508. The summed E-state index contributed by atoms with van der Waals surface area (Å²) in [6, 6.07) is 10.5. The Labute approximate surface area is 156 Å². The van der Waals surface area contributed by atoms with Crippen molar-refractivity contribution < 1.29 is 23.0 Å². The molecular formula is C20H22F2N2O3. The number of carbonyl (C=O) groups is 1. The molecule has 0 saturated carbocycles. The molecule has 27 heavy (non-hydrogen) atoms. The van der Waals surface area contributed by atoms with Crippen LogP contribution in [0.3, 0.4) is 0 Å². The van der Waals surface area contributed by atoms with Crippen LogP contribution in [-0.2, 0) is 10.2 Å². The van der Waals surface area contributed by atoms with Crippen LogP contribution in [0.5, 0.6) is 5.75 Å². The summed E-state index contributed by atoms with van der Waals surface area (Å²) in [5, 5.41) is 5.01. The van der Waals surface area contributed by atoms with Gasteiger partial charge in [0.2, 0.25) is 0 Å². The fourth-order valence-electron chi connectivity index (χ4n) is 3.30. The zero-order valence-electron chi connectivity index (χ0n) is 15.1. The number of anilines is 1. The summed E-state index contributed by atoms with van der Waals surface area (Å²) in [5.74, 6) is -0.885. The molecule has 0 aliphatic carbocycles. The molecule has 1 heterocycles. The SMILES string of the molecule is COc1ccc(C2(CNC(=O)Nc3c(F)cccc3F)CCOCC2)cc1. The number of methoxy groups -OCH3 is 1. The summed E-state index contributed by atoms with van der Waals surface area (Å²) in [6.45, 7) is 1.49. The second-order valence-electron chi connectivity index (χ2n) is 6.53.